The lowest BCUT2D eigenvalue weighted by atomic mass is 9.95. The molecule has 7 nitrogen and oxygen atoms in total. The van der Waals surface area contributed by atoms with Gasteiger partial charge in [0.15, 0.2) is 0 Å². The number of hydrogen-bond donors (Lipinski definition) is 3. The van der Waals surface area contributed by atoms with Crippen LogP contribution in [-0.4, -0.2) is 46.7 Å². The molecule has 0 aliphatic carbocycles. The van der Waals surface area contributed by atoms with Crippen molar-refractivity contribution in [1.82, 2.24) is 15.3 Å². The SMILES string of the molecule is Cc1c(Nc2c(C#N)cncc2-c2cc3cc(C[N+]4(C5CCNCC5)CCCCC4)ccc3o2)ccc2[nH]ccc12. The zero-order chi connectivity index (χ0) is 27.8. The summed E-state index contributed by atoms with van der Waals surface area (Å²) in [7, 11) is 0. The van der Waals surface area contributed by atoms with Crippen molar-refractivity contribution < 1.29 is 8.90 Å². The minimum atomic E-state index is 0.482. The molecule has 2 aromatic carbocycles. The van der Waals surface area contributed by atoms with Crippen molar-refractivity contribution in [3.05, 3.63) is 77.7 Å². The van der Waals surface area contributed by atoms with E-state index in [9.17, 15) is 5.26 Å². The molecule has 0 atom stereocenters. The van der Waals surface area contributed by atoms with Gasteiger partial charge in [0.25, 0.3) is 0 Å². The molecule has 0 saturated carbocycles. The predicted molar refractivity (Wildman–Crippen MR) is 164 cm³/mol. The smallest absolute Gasteiger partial charge is 0.139 e. The van der Waals surface area contributed by atoms with E-state index >= 15 is 0 Å². The third-order valence-corrected chi connectivity index (χ3v) is 9.46. The summed E-state index contributed by atoms with van der Waals surface area (Å²) in [6.45, 7) is 8.03. The number of H-pyrrole nitrogens is 1. The second-order valence-corrected chi connectivity index (χ2v) is 11.9. The van der Waals surface area contributed by atoms with Crippen LogP contribution in [0.25, 0.3) is 33.2 Å². The lowest BCUT2D eigenvalue weighted by Crippen LogP contribution is -2.59. The molecule has 2 aliphatic rings. The van der Waals surface area contributed by atoms with Gasteiger partial charge in [0.2, 0.25) is 0 Å². The van der Waals surface area contributed by atoms with Crippen LogP contribution < -0.4 is 10.6 Å². The molecule has 0 unspecified atom stereocenters. The molecule has 5 aromatic rings. The average Bonchev–Trinajstić information content (AvgIpc) is 3.67. The molecular weight excluding hydrogens is 508 g/mol. The maximum atomic E-state index is 9.97. The molecule has 3 N–H and O–H groups in total. The Bertz CT molecular complexity index is 1750. The van der Waals surface area contributed by atoms with Crippen molar-refractivity contribution in [2.24, 2.45) is 0 Å². The largest absolute Gasteiger partial charge is 0.456 e. The second kappa shape index (κ2) is 10.7. The Hall–Kier alpha value is -4.12. The number of rotatable bonds is 6. The van der Waals surface area contributed by atoms with E-state index in [4.69, 9.17) is 4.42 Å². The van der Waals surface area contributed by atoms with Crippen LogP contribution in [0.3, 0.4) is 0 Å². The van der Waals surface area contributed by atoms with E-state index < -0.39 is 0 Å². The third kappa shape index (κ3) is 4.77. The third-order valence-electron chi connectivity index (χ3n) is 9.46. The number of nitriles is 1. The Balaban J connectivity index is 1.23. The van der Waals surface area contributed by atoms with Gasteiger partial charge in [0.05, 0.1) is 35.9 Å². The molecule has 7 rings (SSSR count). The van der Waals surface area contributed by atoms with Crippen LogP contribution in [0.2, 0.25) is 0 Å². The number of pyridine rings is 1. The van der Waals surface area contributed by atoms with Crippen molar-refractivity contribution in [2.45, 2.75) is 51.6 Å². The number of fused-ring (bicyclic) bond motifs is 2. The molecule has 41 heavy (non-hydrogen) atoms. The number of anilines is 2. The first-order chi connectivity index (χ1) is 20.1. The Kier molecular flexibility index (Phi) is 6.74. The molecule has 208 valence electrons. The van der Waals surface area contributed by atoms with Crippen LogP contribution in [0, 0.1) is 18.3 Å². The summed E-state index contributed by atoms with van der Waals surface area (Å²) < 4.78 is 7.63. The van der Waals surface area contributed by atoms with Gasteiger partial charge in [0.1, 0.15) is 24.0 Å². The number of benzene rings is 2. The minimum absolute atomic E-state index is 0.482. The predicted octanol–water partition coefficient (Wildman–Crippen LogP) is 7.15. The zero-order valence-electron chi connectivity index (χ0n) is 23.7. The van der Waals surface area contributed by atoms with E-state index in [1.54, 1.807) is 12.4 Å². The van der Waals surface area contributed by atoms with E-state index in [-0.39, 0.29) is 0 Å². The highest BCUT2D eigenvalue weighted by Crippen LogP contribution is 2.38. The number of piperidine rings is 2. The van der Waals surface area contributed by atoms with Gasteiger partial charge in [-0.15, -0.1) is 0 Å². The molecule has 0 spiro atoms. The molecule has 2 saturated heterocycles. The van der Waals surface area contributed by atoms with E-state index in [0.717, 1.165) is 64.4 Å². The summed E-state index contributed by atoms with van der Waals surface area (Å²) in [6, 6.07) is 18.0. The maximum absolute atomic E-state index is 9.97. The maximum Gasteiger partial charge on any atom is 0.139 e. The highest BCUT2D eigenvalue weighted by Gasteiger charge is 2.39. The monoisotopic (exact) mass is 545 g/mol. The van der Waals surface area contributed by atoms with Crippen LogP contribution >= 0.6 is 0 Å². The lowest BCUT2D eigenvalue weighted by molar-refractivity contribution is -0.968. The number of furan rings is 1. The van der Waals surface area contributed by atoms with Crippen LogP contribution in [0.4, 0.5) is 11.4 Å². The van der Waals surface area contributed by atoms with Gasteiger partial charge in [-0.2, -0.15) is 5.26 Å². The number of nitrogens with one attached hydrogen (secondary N) is 3. The fourth-order valence-corrected chi connectivity index (χ4v) is 7.26. The Morgan fingerprint density at radius 3 is 2.73 bits per heavy atom. The highest BCUT2D eigenvalue weighted by atomic mass is 16.3. The van der Waals surface area contributed by atoms with Crippen molar-refractivity contribution in [3.8, 4) is 17.4 Å². The van der Waals surface area contributed by atoms with Gasteiger partial charge in [-0.3, -0.25) is 4.98 Å². The van der Waals surface area contributed by atoms with E-state index in [1.165, 1.54) is 55.2 Å². The molecule has 2 aliphatic heterocycles. The van der Waals surface area contributed by atoms with Crippen molar-refractivity contribution in [3.63, 3.8) is 0 Å². The molecule has 3 aromatic heterocycles. The van der Waals surface area contributed by atoms with Gasteiger partial charge in [-0.05, 0) is 74.2 Å². The topological polar surface area (TPSA) is 89.7 Å². The highest BCUT2D eigenvalue weighted by molar-refractivity contribution is 5.92. The summed E-state index contributed by atoms with van der Waals surface area (Å²) in [5.74, 6) is 0.713. The van der Waals surface area contributed by atoms with Gasteiger partial charge in [-0.25, -0.2) is 0 Å². The fraction of sp³-hybridized carbons (Fsp3) is 0.353. The summed E-state index contributed by atoms with van der Waals surface area (Å²) in [4.78, 5) is 7.66. The molecule has 0 radical (unpaired) electrons. The lowest BCUT2D eigenvalue weighted by Gasteiger charge is -2.49. The second-order valence-electron chi connectivity index (χ2n) is 11.9. The molecular formula is C34H37N6O+. The summed E-state index contributed by atoms with van der Waals surface area (Å²) >= 11 is 0. The van der Waals surface area contributed by atoms with Crippen LogP contribution in [0.5, 0.6) is 0 Å². The van der Waals surface area contributed by atoms with Gasteiger partial charge in [-0.1, -0.05) is 0 Å². The number of aromatic amines is 1. The molecule has 7 heteroatoms. The molecule has 0 amide bonds. The van der Waals surface area contributed by atoms with Crippen LogP contribution in [0.15, 0.2) is 65.5 Å². The summed E-state index contributed by atoms with van der Waals surface area (Å²) in [6.07, 6.45) is 11.9. The summed E-state index contributed by atoms with van der Waals surface area (Å²) in [5, 5.41) is 19.3. The van der Waals surface area contributed by atoms with Crippen LogP contribution in [0.1, 0.15) is 48.8 Å². The minimum Gasteiger partial charge on any atom is -0.456 e. The number of aromatic nitrogens is 2. The van der Waals surface area contributed by atoms with E-state index in [0.29, 0.717) is 17.0 Å². The molecule has 0 bridgehead atoms. The normalized spacial score (nSPS) is 17.6. The van der Waals surface area contributed by atoms with E-state index in [1.807, 2.05) is 12.3 Å². The van der Waals surface area contributed by atoms with Crippen LogP contribution in [-0.2, 0) is 6.54 Å². The van der Waals surface area contributed by atoms with Crippen molar-refractivity contribution >= 4 is 33.2 Å². The number of likely N-dealkylation sites (tertiary alicyclic amines) is 1. The fourth-order valence-electron chi connectivity index (χ4n) is 7.26. The Morgan fingerprint density at radius 1 is 1.05 bits per heavy atom. The number of hydrogen-bond acceptors (Lipinski definition) is 5. The number of quaternary nitrogens is 1. The standard InChI is InChI=1S/C34H37N6O/c1-23-28-11-14-38-31(28)7-6-30(23)39-34-26(19-35)20-37-21-29(34)33-18-25-17-24(5-8-32(25)41-33)22-40(15-3-2-4-16-40)27-9-12-36-13-10-27/h5-8,11,14,17-18,20-21,27,36,38H,2-4,9-10,12-13,15-16,22H2,1H3,(H,37,39)/q+1. The Morgan fingerprint density at radius 2 is 1.90 bits per heavy atom. The van der Waals surface area contributed by atoms with E-state index in [2.05, 4.69) is 70.0 Å². The number of aryl methyl sites for hydroxylation is 1. The first kappa shape index (κ1) is 25.8. The van der Waals surface area contributed by atoms with Gasteiger partial charge >= 0.3 is 0 Å². The van der Waals surface area contributed by atoms with Gasteiger partial charge in [0, 0.05) is 72.1 Å². The zero-order valence-corrected chi connectivity index (χ0v) is 23.7. The number of nitrogens with zero attached hydrogens (tertiary/aromatic N) is 3. The summed E-state index contributed by atoms with van der Waals surface area (Å²) in [5.41, 5.74) is 7.37. The average molecular weight is 546 g/mol. The molecule has 5 heterocycles. The van der Waals surface area contributed by atoms with Crippen molar-refractivity contribution in [1.29, 1.82) is 5.26 Å². The van der Waals surface area contributed by atoms with Gasteiger partial charge < -0.3 is 24.5 Å². The first-order valence-corrected chi connectivity index (χ1v) is 14.9. The Labute approximate surface area is 240 Å². The van der Waals surface area contributed by atoms with Crippen molar-refractivity contribution in [2.75, 3.05) is 31.5 Å². The first-order valence-electron chi connectivity index (χ1n) is 14.9. The quantitative estimate of drug-likeness (QED) is 0.197. The molecule has 2 fully saturated rings.